The fraction of sp³-hybridized carbons (Fsp3) is 0.500. The van der Waals surface area contributed by atoms with Crippen LogP contribution in [0.2, 0.25) is 10.0 Å². The molecular weight excluding hydrogens is 353 g/mol. The minimum Gasteiger partial charge on any atom is -0.485 e. The average molecular weight is 370 g/mol. The molecule has 3 heterocycles. The number of ether oxygens (including phenoxy) is 1. The van der Waals surface area contributed by atoms with Crippen LogP contribution in [0.15, 0.2) is 15.7 Å². The minimum absolute atomic E-state index is 0.235. The molecule has 0 amide bonds. The molecule has 0 radical (unpaired) electrons. The normalized spacial score (nSPS) is 18.2. The van der Waals surface area contributed by atoms with Crippen LogP contribution < -0.4 is 16.1 Å². The third-order valence-corrected chi connectivity index (χ3v) is 5.19. The number of hydrogen-bond donors (Lipinski definition) is 0. The Morgan fingerprint density at radius 3 is 2.21 bits per heavy atom. The number of rotatable bonds is 1. The van der Waals surface area contributed by atoms with E-state index in [-0.39, 0.29) is 16.4 Å². The fourth-order valence-corrected chi connectivity index (χ4v) is 4.11. The van der Waals surface area contributed by atoms with Gasteiger partial charge in [0, 0.05) is 30.1 Å². The number of aromatic nitrogens is 3. The molecule has 0 saturated heterocycles. The highest BCUT2D eigenvalue weighted by atomic mass is 35.5. The first-order chi connectivity index (χ1) is 11.3. The zero-order valence-corrected chi connectivity index (χ0v) is 14.9. The highest BCUT2D eigenvalue weighted by Gasteiger charge is 2.37. The van der Waals surface area contributed by atoms with E-state index < -0.39 is 5.60 Å². The highest BCUT2D eigenvalue weighted by Crippen LogP contribution is 2.45. The van der Waals surface area contributed by atoms with Gasteiger partial charge in [-0.15, -0.1) is 0 Å². The Morgan fingerprint density at radius 1 is 1.04 bits per heavy atom. The van der Waals surface area contributed by atoms with Crippen LogP contribution in [0.25, 0.3) is 5.69 Å². The molecule has 24 heavy (non-hydrogen) atoms. The second-order valence-electron chi connectivity index (χ2n) is 6.89. The maximum absolute atomic E-state index is 12.8. The van der Waals surface area contributed by atoms with Gasteiger partial charge < -0.3 is 4.74 Å². The Bertz CT molecular complexity index is 931. The molecule has 6 nitrogen and oxygen atoms in total. The van der Waals surface area contributed by atoms with Crippen LogP contribution in [0.1, 0.15) is 32.3 Å². The molecule has 2 aliphatic heterocycles. The third kappa shape index (κ3) is 2.16. The van der Waals surface area contributed by atoms with E-state index in [4.69, 9.17) is 27.9 Å². The summed E-state index contributed by atoms with van der Waals surface area (Å²) in [5, 5.41) is 0.723. The van der Waals surface area contributed by atoms with Gasteiger partial charge in [0.2, 0.25) is 0 Å². The molecule has 0 bridgehead atoms. The van der Waals surface area contributed by atoms with Gasteiger partial charge in [-0.05, 0) is 32.8 Å². The maximum Gasteiger partial charge on any atom is 0.351 e. The third-order valence-electron chi connectivity index (χ3n) is 4.57. The van der Waals surface area contributed by atoms with Crippen LogP contribution in [0, 0.1) is 0 Å². The molecule has 2 aliphatic rings. The van der Waals surface area contributed by atoms with E-state index >= 15 is 0 Å². The summed E-state index contributed by atoms with van der Waals surface area (Å²) in [6, 6.07) is 1.58. The van der Waals surface area contributed by atoms with Crippen molar-refractivity contribution in [2.75, 3.05) is 0 Å². The molecule has 128 valence electrons. The summed E-state index contributed by atoms with van der Waals surface area (Å²) in [4.78, 5) is 25.6. The van der Waals surface area contributed by atoms with Gasteiger partial charge in [0.15, 0.2) is 5.75 Å². The highest BCUT2D eigenvalue weighted by molar-refractivity contribution is 6.36. The zero-order valence-electron chi connectivity index (χ0n) is 13.4. The molecule has 1 aromatic heterocycles. The lowest BCUT2D eigenvalue weighted by Gasteiger charge is -2.18. The van der Waals surface area contributed by atoms with Crippen molar-refractivity contribution < 1.29 is 4.74 Å². The van der Waals surface area contributed by atoms with Gasteiger partial charge in [-0.1, -0.05) is 23.2 Å². The molecular formula is C16H17Cl2N3O3. The SMILES string of the molecule is CC1(C)Cc2c(Cl)cc(Cl)c(-n3c(=O)n4n(c3=O)CCCC4)c2O1. The fourth-order valence-electron chi connectivity index (χ4n) is 3.51. The van der Waals surface area contributed by atoms with Gasteiger partial charge in [-0.25, -0.2) is 23.5 Å². The monoisotopic (exact) mass is 369 g/mol. The summed E-state index contributed by atoms with van der Waals surface area (Å²) in [7, 11) is 0. The molecule has 1 aromatic carbocycles. The van der Waals surface area contributed by atoms with Crippen molar-refractivity contribution in [2.45, 2.75) is 51.8 Å². The molecule has 0 saturated carbocycles. The van der Waals surface area contributed by atoms with E-state index in [2.05, 4.69) is 0 Å². The van der Waals surface area contributed by atoms with E-state index in [0.29, 0.717) is 36.0 Å². The molecule has 0 unspecified atom stereocenters. The lowest BCUT2D eigenvalue weighted by molar-refractivity contribution is 0.138. The number of hydrogen-bond acceptors (Lipinski definition) is 3. The summed E-state index contributed by atoms with van der Waals surface area (Å²) in [6.45, 7) is 4.92. The first kappa shape index (κ1) is 15.8. The molecule has 0 N–H and O–H groups in total. The smallest absolute Gasteiger partial charge is 0.351 e. The van der Waals surface area contributed by atoms with Crippen LogP contribution in [0.3, 0.4) is 0 Å². The Morgan fingerprint density at radius 2 is 1.62 bits per heavy atom. The average Bonchev–Trinajstić information content (AvgIpc) is 2.97. The van der Waals surface area contributed by atoms with Crippen molar-refractivity contribution in [3.63, 3.8) is 0 Å². The topological polar surface area (TPSA) is 58.2 Å². The Hall–Kier alpha value is -1.66. The van der Waals surface area contributed by atoms with E-state index in [0.717, 1.165) is 23.0 Å². The number of fused-ring (bicyclic) bond motifs is 2. The summed E-state index contributed by atoms with van der Waals surface area (Å²) in [5.74, 6) is 0.431. The summed E-state index contributed by atoms with van der Waals surface area (Å²) in [6.07, 6.45) is 2.34. The predicted molar refractivity (Wildman–Crippen MR) is 92.0 cm³/mol. The molecule has 0 atom stereocenters. The Kier molecular flexibility index (Phi) is 3.41. The van der Waals surface area contributed by atoms with Crippen LogP contribution in [0.5, 0.6) is 5.75 Å². The molecule has 8 heteroatoms. The largest absolute Gasteiger partial charge is 0.485 e. The quantitative estimate of drug-likeness (QED) is 0.776. The van der Waals surface area contributed by atoms with E-state index in [1.54, 1.807) is 6.07 Å². The van der Waals surface area contributed by atoms with Crippen molar-refractivity contribution in [1.29, 1.82) is 0 Å². The van der Waals surface area contributed by atoms with Gasteiger partial charge in [-0.3, -0.25) is 0 Å². The van der Waals surface area contributed by atoms with Crippen LogP contribution in [-0.4, -0.2) is 19.5 Å². The molecule has 4 rings (SSSR count). The van der Waals surface area contributed by atoms with Gasteiger partial charge in [0.05, 0.1) is 5.02 Å². The van der Waals surface area contributed by atoms with E-state index in [9.17, 15) is 9.59 Å². The minimum atomic E-state index is -0.468. The number of benzene rings is 1. The van der Waals surface area contributed by atoms with Crippen molar-refractivity contribution in [3.05, 3.63) is 42.6 Å². The van der Waals surface area contributed by atoms with Crippen LogP contribution in [-0.2, 0) is 19.5 Å². The Balaban J connectivity index is 2.04. The zero-order chi connectivity index (χ0) is 17.2. The molecule has 2 aromatic rings. The molecule has 0 aliphatic carbocycles. The summed E-state index contributed by atoms with van der Waals surface area (Å²) < 4.78 is 10.1. The van der Waals surface area contributed by atoms with Crippen molar-refractivity contribution in [2.24, 2.45) is 0 Å². The van der Waals surface area contributed by atoms with Gasteiger partial charge in [0.1, 0.15) is 11.3 Å². The van der Waals surface area contributed by atoms with Gasteiger partial charge in [0.25, 0.3) is 0 Å². The van der Waals surface area contributed by atoms with Crippen molar-refractivity contribution >= 4 is 23.2 Å². The first-order valence-corrected chi connectivity index (χ1v) is 8.69. The lowest BCUT2D eigenvalue weighted by atomic mass is 10.0. The standard InChI is InChI=1S/C16H17Cl2N3O3/c1-16(2)8-9-10(17)7-11(18)12(13(9)24-16)21-14(22)19-5-3-4-6-20(19)15(21)23/h7H,3-6,8H2,1-2H3. The van der Waals surface area contributed by atoms with E-state index in [1.165, 1.54) is 9.36 Å². The summed E-state index contributed by atoms with van der Waals surface area (Å²) in [5.41, 5.74) is -0.170. The Labute approximate surface area is 148 Å². The van der Waals surface area contributed by atoms with Gasteiger partial charge >= 0.3 is 11.4 Å². The van der Waals surface area contributed by atoms with E-state index in [1.807, 2.05) is 13.8 Å². The second-order valence-corrected chi connectivity index (χ2v) is 7.70. The second kappa shape index (κ2) is 5.17. The summed E-state index contributed by atoms with van der Waals surface area (Å²) >= 11 is 12.7. The lowest BCUT2D eigenvalue weighted by Crippen LogP contribution is -2.30. The molecule has 0 fully saturated rings. The number of nitrogens with zero attached hydrogens (tertiary/aromatic N) is 3. The first-order valence-electron chi connectivity index (χ1n) is 7.93. The van der Waals surface area contributed by atoms with Crippen molar-refractivity contribution in [1.82, 2.24) is 13.9 Å². The number of halogens is 2. The maximum atomic E-state index is 12.8. The van der Waals surface area contributed by atoms with Gasteiger partial charge in [-0.2, -0.15) is 0 Å². The van der Waals surface area contributed by atoms with Crippen LogP contribution in [0.4, 0.5) is 0 Å². The van der Waals surface area contributed by atoms with Crippen molar-refractivity contribution in [3.8, 4) is 11.4 Å². The van der Waals surface area contributed by atoms with Crippen LogP contribution >= 0.6 is 23.2 Å². The predicted octanol–water partition coefficient (Wildman–Crippen LogP) is 2.61. The molecule has 0 spiro atoms.